The van der Waals surface area contributed by atoms with Crippen molar-refractivity contribution < 1.29 is 9.18 Å². The number of amides is 1. The molecule has 3 aromatic rings. The Morgan fingerprint density at radius 3 is 3.00 bits per heavy atom. The minimum Gasteiger partial charge on any atom is -0.285 e. The molecule has 0 unspecified atom stereocenters. The number of carbonyl (C=O) groups is 1. The summed E-state index contributed by atoms with van der Waals surface area (Å²) in [6.07, 6.45) is 3.74. The summed E-state index contributed by atoms with van der Waals surface area (Å²) < 4.78 is 15.0. The van der Waals surface area contributed by atoms with Crippen LogP contribution in [0.1, 0.15) is 16.1 Å². The second-order valence-electron chi connectivity index (χ2n) is 5.58. The second kappa shape index (κ2) is 5.45. The molecule has 1 aromatic carbocycles. The maximum Gasteiger partial charge on any atom is 0.292 e. The van der Waals surface area contributed by atoms with Crippen molar-refractivity contribution in [2.24, 2.45) is 0 Å². The number of hydrogen-bond acceptors (Lipinski definition) is 4. The molecule has 1 amide bonds. The van der Waals surface area contributed by atoms with Gasteiger partial charge in [-0.2, -0.15) is 5.10 Å². The van der Waals surface area contributed by atoms with Crippen molar-refractivity contribution >= 4 is 28.8 Å². The first-order valence-corrected chi connectivity index (χ1v) is 7.75. The van der Waals surface area contributed by atoms with E-state index < -0.39 is 0 Å². The monoisotopic (exact) mass is 345 g/mol. The average Bonchev–Trinajstić information content (AvgIpc) is 2.98. The molecule has 1 aliphatic heterocycles. The van der Waals surface area contributed by atoms with Crippen LogP contribution in [0.15, 0.2) is 36.7 Å². The number of hydrogen-bond donors (Lipinski definition) is 0. The van der Waals surface area contributed by atoms with Crippen LogP contribution >= 0.6 is 11.6 Å². The van der Waals surface area contributed by atoms with Crippen LogP contribution in [-0.4, -0.2) is 39.1 Å². The first kappa shape index (κ1) is 14.9. The average molecular weight is 346 g/mol. The Morgan fingerprint density at radius 2 is 2.17 bits per heavy atom. The molecule has 3 heterocycles. The van der Waals surface area contributed by atoms with Gasteiger partial charge in [-0.15, -0.1) is 0 Å². The van der Waals surface area contributed by atoms with Gasteiger partial charge in [0.05, 0.1) is 16.9 Å². The predicted octanol–water partition coefficient (Wildman–Crippen LogP) is 2.57. The van der Waals surface area contributed by atoms with Crippen molar-refractivity contribution in [1.29, 1.82) is 0 Å². The lowest BCUT2D eigenvalue weighted by molar-refractivity contribution is 0.0732. The summed E-state index contributed by atoms with van der Waals surface area (Å²) in [5.41, 5.74) is 2.48. The minimum absolute atomic E-state index is 0.261. The van der Waals surface area contributed by atoms with Crippen molar-refractivity contribution in [2.45, 2.75) is 6.42 Å². The Balaban J connectivity index is 1.68. The Morgan fingerprint density at radius 1 is 1.33 bits per heavy atom. The number of benzene rings is 1. The largest absolute Gasteiger partial charge is 0.292 e. The van der Waals surface area contributed by atoms with Gasteiger partial charge in [-0.3, -0.25) is 9.80 Å². The number of aromatic nitrogens is 3. The first-order valence-electron chi connectivity index (χ1n) is 7.38. The van der Waals surface area contributed by atoms with Crippen molar-refractivity contribution in [3.63, 3.8) is 0 Å². The number of anilines is 1. The lowest BCUT2D eigenvalue weighted by atomic mass is 10.1. The van der Waals surface area contributed by atoms with Crippen LogP contribution < -0.4 is 5.01 Å². The molecule has 122 valence electrons. The SMILES string of the molecule is CN1c2cc(F)ccc2CCN1C(=O)c1cc2ncc(Cl)cn2n1. The molecule has 6 nitrogen and oxygen atoms in total. The van der Waals surface area contributed by atoms with Crippen molar-refractivity contribution in [3.8, 4) is 0 Å². The van der Waals surface area contributed by atoms with Gasteiger partial charge in [0, 0.05) is 25.9 Å². The van der Waals surface area contributed by atoms with Gasteiger partial charge in [-0.05, 0) is 24.1 Å². The van der Waals surface area contributed by atoms with Crippen LogP contribution in [-0.2, 0) is 6.42 Å². The maximum absolute atomic E-state index is 13.5. The summed E-state index contributed by atoms with van der Waals surface area (Å²) in [5.74, 6) is -0.601. The standard InChI is InChI=1S/C16H13ClFN5O/c1-21-14-6-12(18)3-2-10(14)4-5-23(21)16(24)13-7-15-19-8-11(17)9-22(15)20-13/h2-3,6-9H,4-5H2,1H3. The normalized spacial score (nSPS) is 14.1. The van der Waals surface area contributed by atoms with Crippen molar-refractivity contribution in [2.75, 3.05) is 18.6 Å². The molecule has 1 aliphatic rings. The van der Waals surface area contributed by atoms with Gasteiger partial charge >= 0.3 is 0 Å². The van der Waals surface area contributed by atoms with Crippen LogP contribution in [0.2, 0.25) is 5.02 Å². The van der Waals surface area contributed by atoms with Crippen LogP contribution in [0.5, 0.6) is 0 Å². The fourth-order valence-electron chi connectivity index (χ4n) is 2.88. The molecule has 4 rings (SSSR count). The van der Waals surface area contributed by atoms with E-state index in [1.165, 1.54) is 22.8 Å². The van der Waals surface area contributed by atoms with E-state index >= 15 is 0 Å². The Bertz CT molecular complexity index is 957. The van der Waals surface area contributed by atoms with E-state index in [-0.39, 0.29) is 17.4 Å². The smallest absolute Gasteiger partial charge is 0.285 e. The fraction of sp³-hybridized carbons (Fsp3) is 0.188. The lowest BCUT2D eigenvalue weighted by Crippen LogP contribution is -2.48. The molecule has 2 aromatic heterocycles. The van der Waals surface area contributed by atoms with Gasteiger partial charge in [-0.25, -0.2) is 18.9 Å². The van der Waals surface area contributed by atoms with E-state index in [0.29, 0.717) is 29.3 Å². The number of rotatable bonds is 1. The summed E-state index contributed by atoms with van der Waals surface area (Å²) in [6, 6.07) is 6.22. The highest BCUT2D eigenvalue weighted by Crippen LogP contribution is 2.28. The van der Waals surface area contributed by atoms with E-state index in [0.717, 1.165) is 5.56 Å². The summed E-state index contributed by atoms with van der Waals surface area (Å²) >= 11 is 5.89. The lowest BCUT2D eigenvalue weighted by Gasteiger charge is -2.38. The molecule has 24 heavy (non-hydrogen) atoms. The van der Waals surface area contributed by atoms with E-state index in [9.17, 15) is 9.18 Å². The molecule has 0 spiro atoms. The number of nitrogens with zero attached hydrogens (tertiary/aromatic N) is 5. The molecule has 0 saturated heterocycles. The quantitative estimate of drug-likeness (QED) is 0.680. The number of hydrazine groups is 1. The van der Waals surface area contributed by atoms with Gasteiger partial charge in [0.1, 0.15) is 5.82 Å². The summed E-state index contributed by atoms with van der Waals surface area (Å²) in [5, 5.41) is 7.88. The number of halogens is 2. The van der Waals surface area contributed by atoms with E-state index in [2.05, 4.69) is 10.1 Å². The molecule has 0 atom stereocenters. The molecule has 0 N–H and O–H groups in total. The van der Waals surface area contributed by atoms with Gasteiger partial charge in [0.15, 0.2) is 11.3 Å². The highest BCUT2D eigenvalue weighted by molar-refractivity contribution is 6.30. The molecule has 0 radical (unpaired) electrons. The molecular weight excluding hydrogens is 333 g/mol. The minimum atomic E-state index is -0.332. The van der Waals surface area contributed by atoms with Crippen LogP contribution in [0.25, 0.3) is 5.65 Å². The Hall–Kier alpha value is -2.67. The zero-order valence-corrected chi connectivity index (χ0v) is 13.5. The van der Waals surface area contributed by atoms with Crippen molar-refractivity contribution in [1.82, 2.24) is 19.6 Å². The Labute approximate surface area is 142 Å². The summed E-state index contributed by atoms with van der Waals surface area (Å²) in [6.45, 7) is 0.496. The fourth-order valence-corrected chi connectivity index (χ4v) is 3.03. The zero-order valence-electron chi connectivity index (χ0n) is 12.8. The van der Waals surface area contributed by atoms with Gasteiger partial charge in [0.2, 0.25) is 0 Å². The van der Waals surface area contributed by atoms with Gasteiger partial charge in [0.25, 0.3) is 5.91 Å². The zero-order chi connectivity index (χ0) is 16.8. The van der Waals surface area contributed by atoms with Gasteiger partial charge < -0.3 is 0 Å². The highest BCUT2D eigenvalue weighted by atomic mass is 35.5. The van der Waals surface area contributed by atoms with Crippen LogP contribution in [0.4, 0.5) is 10.1 Å². The molecular formula is C16H13ClFN5O. The van der Waals surface area contributed by atoms with Gasteiger partial charge in [-0.1, -0.05) is 17.7 Å². The van der Waals surface area contributed by atoms with Crippen LogP contribution in [0, 0.1) is 5.82 Å². The van der Waals surface area contributed by atoms with E-state index in [1.54, 1.807) is 35.4 Å². The number of carbonyl (C=O) groups excluding carboxylic acids is 1. The van der Waals surface area contributed by atoms with Crippen molar-refractivity contribution in [3.05, 3.63) is 58.8 Å². The molecule has 0 saturated carbocycles. The third kappa shape index (κ3) is 2.37. The molecule has 0 fully saturated rings. The molecule has 8 heteroatoms. The van der Waals surface area contributed by atoms with E-state index in [4.69, 9.17) is 11.6 Å². The first-order chi connectivity index (χ1) is 11.5. The predicted molar refractivity (Wildman–Crippen MR) is 87.5 cm³/mol. The molecule has 0 bridgehead atoms. The van der Waals surface area contributed by atoms with Crippen LogP contribution in [0.3, 0.4) is 0 Å². The Kier molecular flexibility index (Phi) is 3.38. The summed E-state index contributed by atoms with van der Waals surface area (Å²) in [4.78, 5) is 16.9. The highest BCUT2D eigenvalue weighted by Gasteiger charge is 2.28. The molecule has 0 aliphatic carbocycles. The second-order valence-corrected chi connectivity index (χ2v) is 6.02. The summed E-state index contributed by atoms with van der Waals surface area (Å²) in [7, 11) is 1.74. The maximum atomic E-state index is 13.5. The number of fused-ring (bicyclic) bond motifs is 2. The van der Waals surface area contributed by atoms with E-state index in [1.807, 2.05) is 0 Å². The topological polar surface area (TPSA) is 53.7 Å². The third-order valence-corrected chi connectivity index (χ3v) is 4.28. The third-order valence-electron chi connectivity index (χ3n) is 4.09.